The van der Waals surface area contributed by atoms with Crippen molar-refractivity contribution in [3.05, 3.63) is 0 Å². The summed E-state index contributed by atoms with van der Waals surface area (Å²) < 4.78 is 19.4. The second-order valence-electron chi connectivity index (χ2n) is 6.52. The third kappa shape index (κ3) is 13.7. The Morgan fingerprint density at radius 3 is 1.34 bits per heavy atom. The van der Waals surface area contributed by atoms with Crippen molar-refractivity contribution >= 4 is 7.82 Å². The van der Waals surface area contributed by atoms with E-state index in [0.717, 1.165) is 0 Å². The molecule has 10 nitrogen and oxygen atoms in total. The van der Waals surface area contributed by atoms with E-state index in [-0.39, 0.29) is 0 Å². The minimum Gasteiger partial charge on any atom is -0.388 e. The minimum atomic E-state index is -4.82. The molecule has 0 aromatic rings. The lowest BCUT2D eigenvalue weighted by Gasteiger charge is -2.38. The first-order valence-corrected chi connectivity index (χ1v) is 11.8. The summed E-state index contributed by atoms with van der Waals surface area (Å²) in [6.07, 6.45) is -7.20. The highest BCUT2D eigenvalue weighted by atomic mass is 31.2. The van der Waals surface area contributed by atoms with E-state index in [1.165, 1.54) is 46.2 Å². The van der Waals surface area contributed by atoms with E-state index in [1.54, 1.807) is 0 Å². The summed E-state index contributed by atoms with van der Waals surface area (Å²) in [6, 6.07) is 0. The van der Waals surface area contributed by atoms with Crippen molar-refractivity contribution in [1.82, 2.24) is 9.80 Å². The van der Waals surface area contributed by atoms with Gasteiger partial charge in [-0.2, -0.15) is 0 Å². The third-order valence-electron chi connectivity index (χ3n) is 4.73. The van der Waals surface area contributed by atoms with Crippen molar-refractivity contribution in [2.24, 2.45) is 0 Å². The fraction of sp³-hybridized carbons (Fsp3) is 1.00. The fourth-order valence-electron chi connectivity index (χ4n) is 2.58. The lowest BCUT2D eigenvalue weighted by molar-refractivity contribution is -0.271. The van der Waals surface area contributed by atoms with Gasteiger partial charge in [0.25, 0.3) is 0 Å². The zero-order chi connectivity index (χ0) is 23.2. The molecule has 1 rings (SSSR count). The smallest absolute Gasteiger partial charge is 0.388 e. The zero-order valence-corrected chi connectivity index (χ0v) is 19.8. The Kier molecular flexibility index (Phi) is 17.7. The number of aliphatic hydroxyl groups is 3. The predicted molar refractivity (Wildman–Crippen MR) is 112 cm³/mol. The Bertz CT molecular complexity index is 409. The summed E-state index contributed by atoms with van der Waals surface area (Å²) in [6.45, 7) is 21.6. The summed E-state index contributed by atoms with van der Waals surface area (Å²) in [7, 11) is -4.82. The maximum absolute atomic E-state index is 10.5. The molecule has 1 heterocycles. The molecule has 1 fully saturated rings. The summed E-state index contributed by atoms with van der Waals surface area (Å²) in [5, 5.41) is 27.8. The second kappa shape index (κ2) is 16.5. The number of hydrogen-bond donors (Lipinski definition) is 5. The van der Waals surface area contributed by atoms with E-state index >= 15 is 0 Å². The van der Waals surface area contributed by atoms with Crippen LogP contribution in [-0.2, 0) is 13.8 Å². The highest BCUT2D eigenvalue weighted by Gasteiger charge is 2.44. The van der Waals surface area contributed by atoms with Gasteiger partial charge in [-0.05, 0) is 46.2 Å². The molecular formula is C18H43N2O8P. The molecule has 0 bridgehead atoms. The Morgan fingerprint density at radius 2 is 1.10 bits per heavy atom. The molecule has 0 aromatic carbocycles. The lowest BCUT2D eigenvalue weighted by Crippen LogP contribution is -2.57. The van der Waals surface area contributed by atoms with Gasteiger partial charge in [0.2, 0.25) is 0 Å². The quantitative estimate of drug-likeness (QED) is 0.337. The van der Waals surface area contributed by atoms with Crippen molar-refractivity contribution in [3.63, 3.8) is 0 Å². The van der Waals surface area contributed by atoms with Crippen LogP contribution in [0.3, 0.4) is 0 Å². The van der Waals surface area contributed by atoms with Gasteiger partial charge in [0, 0.05) is 0 Å². The number of phosphoric acid groups is 1. The number of rotatable bonds is 8. The molecule has 11 heteroatoms. The number of hydrogen-bond acceptors (Lipinski definition) is 8. The molecule has 0 saturated carbocycles. The Labute approximate surface area is 175 Å². The Balaban J connectivity index is 0. The minimum absolute atomic E-state index is 0.903. The van der Waals surface area contributed by atoms with Crippen LogP contribution < -0.4 is 0 Å². The Morgan fingerprint density at radius 1 is 0.759 bits per heavy atom. The van der Waals surface area contributed by atoms with Crippen LogP contribution in [0.5, 0.6) is 0 Å². The van der Waals surface area contributed by atoms with E-state index < -0.39 is 38.5 Å². The van der Waals surface area contributed by atoms with Crippen LogP contribution >= 0.6 is 7.82 Å². The summed E-state index contributed by atoms with van der Waals surface area (Å²) in [5.74, 6) is 0. The largest absolute Gasteiger partial charge is 0.472 e. The second-order valence-corrected chi connectivity index (χ2v) is 7.71. The van der Waals surface area contributed by atoms with Crippen LogP contribution in [-0.4, -0.2) is 105 Å². The van der Waals surface area contributed by atoms with Crippen molar-refractivity contribution in [2.45, 2.75) is 79.2 Å². The summed E-state index contributed by atoms with van der Waals surface area (Å²) >= 11 is 0. The highest BCUT2D eigenvalue weighted by Crippen LogP contribution is 2.40. The summed E-state index contributed by atoms with van der Waals surface area (Å²) in [5.41, 5.74) is 0. The fourth-order valence-corrected chi connectivity index (χ4v) is 3.02. The van der Waals surface area contributed by atoms with Gasteiger partial charge in [-0.25, -0.2) is 4.57 Å². The van der Waals surface area contributed by atoms with Crippen LogP contribution in [0.2, 0.25) is 0 Å². The molecule has 178 valence electrons. The van der Waals surface area contributed by atoms with Gasteiger partial charge in [0.05, 0.1) is 6.10 Å². The molecule has 5 atom stereocenters. The zero-order valence-electron chi connectivity index (χ0n) is 18.9. The molecule has 0 radical (unpaired) electrons. The molecule has 0 aliphatic carbocycles. The third-order valence-corrected chi connectivity index (χ3v) is 5.22. The van der Waals surface area contributed by atoms with Crippen LogP contribution in [0.25, 0.3) is 0 Å². The normalized spacial score (nSPS) is 27.2. The Hall–Kier alpha value is -0.130. The van der Waals surface area contributed by atoms with Gasteiger partial charge in [0.15, 0.2) is 6.29 Å². The summed E-state index contributed by atoms with van der Waals surface area (Å²) in [4.78, 5) is 21.7. The lowest BCUT2D eigenvalue weighted by atomic mass is 10.0. The number of nitrogens with zero attached hydrogens (tertiary/aromatic N) is 2. The molecule has 1 aliphatic heterocycles. The van der Waals surface area contributed by atoms with Gasteiger partial charge in [-0.1, -0.05) is 41.5 Å². The topological polar surface area (TPSA) is 143 Å². The van der Waals surface area contributed by atoms with E-state index in [2.05, 4.69) is 55.9 Å². The molecule has 0 unspecified atom stereocenters. The monoisotopic (exact) mass is 446 g/mol. The number of ether oxygens (including phenoxy) is 1. The molecule has 0 amide bonds. The predicted octanol–water partition coefficient (Wildman–Crippen LogP) is 0.619. The average Bonchev–Trinajstić information content (AvgIpc) is 2.67. The van der Waals surface area contributed by atoms with Gasteiger partial charge >= 0.3 is 7.82 Å². The van der Waals surface area contributed by atoms with E-state index in [0.29, 0.717) is 0 Å². The van der Waals surface area contributed by atoms with Crippen molar-refractivity contribution in [3.8, 4) is 0 Å². The first-order chi connectivity index (χ1) is 13.4. The standard InChI is InChI=1S/2C6H15N.C6H13O8P/c2*1-4-7(5-2)6-3;1-2-3(7)4(8)5(9)6(13-2)14-15(10,11)12/h2*4-6H2,1-3H3;2-9H,1H3,(H2,10,11,12)/t;;2-,3+,4+,5-,6+/m..0/s1. The van der Waals surface area contributed by atoms with Gasteiger partial charge in [-0.3, -0.25) is 4.52 Å². The average molecular weight is 447 g/mol. The van der Waals surface area contributed by atoms with Crippen LogP contribution in [0, 0.1) is 0 Å². The number of aliphatic hydroxyl groups excluding tert-OH is 3. The molecule has 1 aliphatic rings. The SMILES string of the molecule is CCN(CC)CC.CCN(CC)CC.C[C@@H]1O[C@H](OP(=O)(O)O)[C@@H](O)[C@H](O)[C@@H]1O. The maximum atomic E-state index is 10.5. The molecular weight excluding hydrogens is 403 g/mol. The van der Waals surface area contributed by atoms with Crippen LogP contribution in [0.1, 0.15) is 48.5 Å². The highest BCUT2D eigenvalue weighted by molar-refractivity contribution is 7.46. The van der Waals surface area contributed by atoms with Crippen molar-refractivity contribution in [1.29, 1.82) is 0 Å². The molecule has 0 aromatic heterocycles. The van der Waals surface area contributed by atoms with Gasteiger partial charge in [0.1, 0.15) is 18.3 Å². The molecule has 0 spiro atoms. The molecule has 29 heavy (non-hydrogen) atoms. The molecule has 5 N–H and O–H groups in total. The first-order valence-electron chi connectivity index (χ1n) is 10.3. The number of phosphoric ester groups is 1. The van der Waals surface area contributed by atoms with E-state index in [4.69, 9.17) is 14.5 Å². The van der Waals surface area contributed by atoms with Crippen LogP contribution in [0.15, 0.2) is 0 Å². The van der Waals surface area contributed by atoms with Crippen molar-refractivity contribution in [2.75, 3.05) is 39.3 Å². The van der Waals surface area contributed by atoms with Gasteiger partial charge < -0.3 is 39.6 Å². The van der Waals surface area contributed by atoms with Crippen molar-refractivity contribution < 1.29 is 38.9 Å². The van der Waals surface area contributed by atoms with Gasteiger partial charge in [-0.15, -0.1) is 0 Å². The first kappa shape index (κ1) is 31.1. The van der Waals surface area contributed by atoms with E-state index in [9.17, 15) is 19.9 Å². The van der Waals surface area contributed by atoms with Crippen LogP contribution in [0.4, 0.5) is 0 Å². The molecule has 1 saturated heterocycles. The maximum Gasteiger partial charge on any atom is 0.472 e. The van der Waals surface area contributed by atoms with E-state index in [1.807, 2.05) is 0 Å².